The van der Waals surface area contributed by atoms with Gasteiger partial charge in [-0.2, -0.15) is 0 Å². The predicted molar refractivity (Wildman–Crippen MR) is 56.6 cm³/mol. The van der Waals surface area contributed by atoms with Gasteiger partial charge < -0.3 is 19.2 Å². The number of ether oxygens (including phenoxy) is 1. The van der Waals surface area contributed by atoms with Crippen LogP contribution in [0.3, 0.4) is 0 Å². The fourth-order valence-electron chi connectivity index (χ4n) is 1.98. The lowest BCUT2D eigenvalue weighted by molar-refractivity contribution is -0.141. The van der Waals surface area contributed by atoms with E-state index in [0.717, 1.165) is 0 Å². The van der Waals surface area contributed by atoms with Crippen molar-refractivity contribution in [2.24, 2.45) is 0 Å². The maximum Gasteiger partial charge on any atom is 0.326 e. The molecule has 1 aromatic rings. The summed E-state index contributed by atoms with van der Waals surface area (Å²) in [5.74, 6) is -1.35. The average molecular weight is 239 g/mol. The molecule has 2 rings (SSSR count). The van der Waals surface area contributed by atoms with Gasteiger partial charge in [-0.3, -0.25) is 4.79 Å². The highest BCUT2D eigenvalue weighted by Crippen LogP contribution is 2.22. The zero-order valence-corrected chi connectivity index (χ0v) is 9.33. The number of carbonyl (C=O) groups is 2. The standard InChI is InChI=1S/C11H13NO5/c1-16-8-4-9(11(14)15)12(5-8)10(13)7-2-3-17-6-7/h2-3,6,8-9H,4-5H2,1H3,(H,14,15). The van der Waals surface area contributed by atoms with Crippen molar-refractivity contribution in [1.82, 2.24) is 4.90 Å². The van der Waals surface area contributed by atoms with Crippen LogP contribution in [-0.4, -0.2) is 47.7 Å². The van der Waals surface area contributed by atoms with Crippen molar-refractivity contribution in [2.45, 2.75) is 18.6 Å². The highest BCUT2D eigenvalue weighted by atomic mass is 16.5. The Labute approximate surface area is 97.8 Å². The zero-order valence-electron chi connectivity index (χ0n) is 9.33. The van der Waals surface area contributed by atoms with Gasteiger partial charge in [-0.1, -0.05) is 0 Å². The van der Waals surface area contributed by atoms with Crippen LogP contribution in [0, 0.1) is 0 Å². The number of nitrogens with zero attached hydrogens (tertiary/aromatic N) is 1. The molecule has 1 saturated heterocycles. The van der Waals surface area contributed by atoms with Crippen molar-refractivity contribution < 1.29 is 23.8 Å². The number of furan rings is 1. The monoisotopic (exact) mass is 239 g/mol. The minimum Gasteiger partial charge on any atom is -0.480 e. The fourth-order valence-corrected chi connectivity index (χ4v) is 1.98. The molecule has 1 aliphatic heterocycles. The molecule has 0 bridgehead atoms. The maximum atomic E-state index is 12.0. The second-order valence-corrected chi connectivity index (χ2v) is 3.92. The molecule has 2 unspecified atom stereocenters. The Morgan fingerprint density at radius 3 is 2.88 bits per heavy atom. The largest absolute Gasteiger partial charge is 0.480 e. The summed E-state index contributed by atoms with van der Waals surface area (Å²) in [6, 6.07) is 0.684. The molecule has 6 nitrogen and oxygen atoms in total. The van der Waals surface area contributed by atoms with E-state index in [2.05, 4.69) is 0 Å². The topological polar surface area (TPSA) is 80.0 Å². The van der Waals surface area contributed by atoms with E-state index in [1.807, 2.05) is 0 Å². The smallest absolute Gasteiger partial charge is 0.326 e. The summed E-state index contributed by atoms with van der Waals surface area (Å²) in [4.78, 5) is 24.4. The van der Waals surface area contributed by atoms with Crippen molar-refractivity contribution in [3.05, 3.63) is 24.2 Å². The predicted octanol–water partition coefficient (Wildman–Crippen LogP) is 0.594. The summed E-state index contributed by atoms with van der Waals surface area (Å²) in [6.07, 6.45) is 2.77. The molecule has 1 aromatic heterocycles. The summed E-state index contributed by atoms with van der Waals surface area (Å²) in [7, 11) is 1.51. The number of amides is 1. The summed E-state index contributed by atoms with van der Waals surface area (Å²) >= 11 is 0. The second kappa shape index (κ2) is 4.58. The maximum absolute atomic E-state index is 12.0. The van der Waals surface area contributed by atoms with Gasteiger partial charge in [0.2, 0.25) is 0 Å². The number of carboxylic acids is 1. The van der Waals surface area contributed by atoms with Gasteiger partial charge in [0.1, 0.15) is 12.3 Å². The number of likely N-dealkylation sites (tertiary alicyclic amines) is 1. The SMILES string of the molecule is COC1CC(C(=O)O)N(C(=O)c2ccoc2)C1. The number of carbonyl (C=O) groups excluding carboxylic acids is 1. The van der Waals surface area contributed by atoms with E-state index < -0.39 is 12.0 Å². The van der Waals surface area contributed by atoms with Crippen molar-refractivity contribution >= 4 is 11.9 Å². The minimum absolute atomic E-state index is 0.230. The van der Waals surface area contributed by atoms with Crippen LogP contribution >= 0.6 is 0 Å². The Kier molecular flexibility index (Phi) is 3.14. The number of hydrogen-bond donors (Lipinski definition) is 1. The van der Waals surface area contributed by atoms with E-state index >= 15 is 0 Å². The van der Waals surface area contributed by atoms with E-state index in [4.69, 9.17) is 14.3 Å². The molecule has 0 saturated carbocycles. The van der Waals surface area contributed by atoms with E-state index in [-0.39, 0.29) is 18.6 Å². The normalized spacial score (nSPS) is 23.9. The Balaban J connectivity index is 2.18. The van der Waals surface area contributed by atoms with Gasteiger partial charge in [0, 0.05) is 20.1 Å². The van der Waals surface area contributed by atoms with Crippen molar-refractivity contribution in [2.75, 3.05) is 13.7 Å². The molecule has 1 amide bonds. The molecule has 2 heterocycles. The highest BCUT2D eigenvalue weighted by Gasteiger charge is 2.40. The van der Waals surface area contributed by atoms with Crippen molar-refractivity contribution in [3.63, 3.8) is 0 Å². The summed E-state index contributed by atoms with van der Waals surface area (Å²) in [5.41, 5.74) is 0.355. The first-order valence-corrected chi connectivity index (χ1v) is 5.22. The van der Waals surface area contributed by atoms with Crippen LogP contribution in [0.4, 0.5) is 0 Å². The lowest BCUT2D eigenvalue weighted by Crippen LogP contribution is -2.40. The minimum atomic E-state index is -1.01. The molecule has 2 atom stereocenters. The van der Waals surface area contributed by atoms with Gasteiger partial charge in [0.05, 0.1) is 17.9 Å². The summed E-state index contributed by atoms with van der Waals surface area (Å²) in [6.45, 7) is 0.289. The van der Waals surface area contributed by atoms with Crippen molar-refractivity contribution in [3.8, 4) is 0 Å². The van der Waals surface area contributed by atoms with Gasteiger partial charge in [-0.25, -0.2) is 4.79 Å². The number of hydrogen-bond acceptors (Lipinski definition) is 4. The van der Waals surface area contributed by atoms with Crippen LogP contribution in [0.5, 0.6) is 0 Å². The third kappa shape index (κ3) is 2.16. The molecule has 0 aliphatic carbocycles. The van der Waals surface area contributed by atoms with Gasteiger partial charge in [-0.15, -0.1) is 0 Å². The Hall–Kier alpha value is -1.82. The molecular formula is C11H13NO5. The van der Waals surface area contributed by atoms with Gasteiger partial charge in [-0.05, 0) is 6.07 Å². The van der Waals surface area contributed by atoms with E-state index in [9.17, 15) is 9.59 Å². The first-order chi connectivity index (χ1) is 8.13. The third-order valence-corrected chi connectivity index (χ3v) is 2.91. The number of carboxylic acid groups (broad SMARTS) is 1. The quantitative estimate of drug-likeness (QED) is 0.835. The Morgan fingerprint density at radius 2 is 2.35 bits per heavy atom. The molecule has 1 N–H and O–H groups in total. The van der Waals surface area contributed by atoms with E-state index in [0.29, 0.717) is 12.0 Å². The first kappa shape index (κ1) is 11.7. The fraction of sp³-hybridized carbons (Fsp3) is 0.455. The van der Waals surface area contributed by atoms with Crippen molar-refractivity contribution in [1.29, 1.82) is 0 Å². The van der Waals surface area contributed by atoms with Crippen LogP contribution in [0.1, 0.15) is 16.8 Å². The second-order valence-electron chi connectivity index (χ2n) is 3.92. The Bertz CT molecular complexity index is 414. The van der Waals surface area contributed by atoms with Crippen LogP contribution in [0.15, 0.2) is 23.0 Å². The van der Waals surface area contributed by atoms with Crippen LogP contribution in [0.25, 0.3) is 0 Å². The zero-order chi connectivity index (χ0) is 12.4. The first-order valence-electron chi connectivity index (χ1n) is 5.22. The molecule has 92 valence electrons. The lowest BCUT2D eigenvalue weighted by atomic mass is 10.2. The molecule has 17 heavy (non-hydrogen) atoms. The van der Waals surface area contributed by atoms with Gasteiger partial charge in [0.25, 0.3) is 5.91 Å². The van der Waals surface area contributed by atoms with Gasteiger partial charge in [0.15, 0.2) is 0 Å². The molecule has 6 heteroatoms. The average Bonchev–Trinajstić information content (AvgIpc) is 2.97. The molecular weight excluding hydrogens is 226 g/mol. The van der Waals surface area contributed by atoms with Crippen LogP contribution in [-0.2, 0) is 9.53 Å². The van der Waals surface area contributed by atoms with Gasteiger partial charge >= 0.3 is 5.97 Å². The molecule has 0 aromatic carbocycles. The van der Waals surface area contributed by atoms with Crippen LogP contribution in [0.2, 0.25) is 0 Å². The Morgan fingerprint density at radius 1 is 1.59 bits per heavy atom. The molecule has 1 aliphatic rings. The molecule has 0 radical (unpaired) electrons. The number of methoxy groups -OCH3 is 1. The summed E-state index contributed by atoms with van der Waals surface area (Å²) in [5, 5.41) is 9.07. The van der Waals surface area contributed by atoms with Crippen LogP contribution < -0.4 is 0 Å². The lowest BCUT2D eigenvalue weighted by Gasteiger charge is -2.20. The molecule has 1 fully saturated rings. The molecule has 0 spiro atoms. The highest BCUT2D eigenvalue weighted by molar-refractivity contribution is 5.96. The third-order valence-electron chi connectivity index (χ3n) is 2.91. The van der Waals surface area contributed by atoms with E-state index in [1.165, 1.54) is 30.6 Å². The summed E-state index contributed by atoms with van der Waals surface area (Å²) < 4.78 is 9.93. The number of aliphatic carboxylic acids is 1. The van der Waals surface area contributed by atoms with E-state index in [1.54, 1.807) is 0 Å². The number of rotatable bonds is 3.